The summed E-state index contributed by atoms with van der Waals surface area (Å²) in [6, 6.07) is 0. The quantitative estimate of drug-likeness (QED) is 0.385. The average Bonchev–Trinajstić information content (AvgIpc) is 2.76. The van der Waals surface area contributed by atoms with Crippen molar-refractivity contribution in [1.29, 1.82) is 0 Å². The zero-order valence-electron chi connectivity index (χ0n) is 9.41. The van der Waals surface area contributed by atoms with Gasteiger partial charge in [-0.25, -0.2) is 0 Å². The third kappa shape index (κ3) is 3.88. The van der Waals surface area contributed by atoms with Gasteiger partial charge in [-0.3, -0.25) is 0 Å². The smallest absolute Gasteiger partial charge is 0.402 e. The van der Waals surface area contributed by atoms with Crippen molar-refractivity contribution >= 4 is 7.32 Å². The molecule has 2 aliphatic rings. The van der Waals surface area contributed by atoms with E-state index in [0.717, 1.165) is 19.3 Å². The van der Waals surface area contributed by atoms with Crippen LogP contribution in [0.4, 0.5) is 0 Å². The Morgan fingerprint density at radius 2 is 2.19 bits per heavy atom. The van der Waals surface area contributed by atoms with Crippen molar-refractivity contribution < 1.29 is 24.9 Å². The fourth-order valence-electron chi connectivity index (χ4n) is 2.06. The molecular formula is C10H19BO5. The summed E-state index contributed by atoms with van der Waals surface area (Å²) in [6.45, 7) is 1.39. The number of fused-ring (bicyclic) bond motifs is 2. The van der Waals surface area contributed by atoms with Gasteiger partial charge in [0, 0.05) is 0 Å². The summed E-state index contributed by atoms with van der Waals surface area (Å²) in [5.41, 5.74) is -0.348. The van der Waals surface area contributed by atoms with Crippen LogP contribution < -0.4 is 0 Å². The number of aliphatic hydroxyl groups is 2. The summed E-state index contributed by atoms with van der Waals surface area (Å²) in [5, 5.41) is 33.3. The van der Waals surface area contributed by atoms with E-state index in [4.69, 9.17) is 24.9 Å². The van der Waals surface area contributed by atoms with Gasteiger partial charge in [0.05, 0.1) is 18.3 Å². The molecule has 4 N–H and O–H groups in total. The van der Waals surface area contributed by atoms with Crippen molar-refractivity contribution in [2.24, 2.45) is 5.92 Å². The minimum atomic E-state index is -1.63. The summed E-state index contributed by atoms with van der Waals surface area (Å²) in [6.07, 6.45) is 6.46. The van der Waals surface area contributed by atoms with Crippen LogP contribution in [-0.4, -0.2) is 45.9 Å². The Labute approximate surface area is 95.5 Å². The van der Waals surface area contributed by atoms with E-state index in [1.54, 1.807) is 0 Å². The Morgan fingerprint density at radius 3 is 2.44 bits per heavy atom. The first-order chi connectivity index (χ1) is 7.47. The normalized spacial score (nSPS) is 32.2. The molecule has 5 nitrogen and oxygen atoms in total. The van der Waals surface area contributed by atoms with Crippen LogP contribution in [0, 0.1) is 5.92 Å². The minimum absolute atomic E-state index is 0.139. The second-order valence-electron chi connectivity index (χ2n) is 4.40. The van der Waals surface area contributed by atoms with Crippen LogP contribution in [0.3, 0.4) is 0 Å². The van der Waals surface area contributed by atoms with Gasteiger partial charge in [-0.15, -0.1) is 0 Å². The molecule has 3 unspecified atom stereocenters. The van der Waals surface area contributed by atoms with Gasteiger partial charge < -0.3 is 24.9 Å². The first-order valence-corrected chi connectivity index (χ1v) is 5.50. The minimum Gasteiger partial charge on any atom is -0.402 e. The van der Waals surface area contributed by atoms with Gasteiger partial charge >= 0.3 is 7.32 Å². The summed E-state index contributed by atoms with van der Waals surface area (Å²) in [7, 11) is -1.63. The molecule has 0 radical (unpaired) electrons. The van der Waals surface area contributed by atoms with Crippen molar-refractivity contribution in [3.05, 3.63) is 12.2 Å². The molecule has 2 bridgehead atoms. The molecule has 6 heteroatoms. The van der Waals surface area contributed by atoms with Gasteiger partial charge in [0.15, 0.2) is 0 Å². The Hall–Kier alpha value is -0.395. The molecule has 1 fully saturated rings. The van der Waals surface area contributed by atoms with Gasteiger partial charge in [0.2, 0.25) is 0 Å². The predicted octanol–water partition coefficient (Wildman–Crippen LogP) is -0.559. The maximum Gasteiger partial charge on any atom is 0.634 e. The highest BCUT2D eigenvalue weighted by Crippen LogP contribution is 2.44. The van der Waals surface area contributed by atoms with Gasteiger partial charge in [-0.05, 0) is 32.1 Å². The predicted molar refractivity (Wildman–Crippen MR) is 59.3 cm³/mol. The highest BCUT2D eigenvalue weighted by atomic mass is 16.6. The fourth-order valence-corrected chi connectivity index (χ4v) is 2.06. The molecule has 0 amide bonds. The van der Waals surface area contributed by atoms with E-state index in [2.05, 4.69) is 6.08 Å². The lowest BCUT2D eigenvalue weighted by Crippen LogP contribution is -2.33. The first kappa shape index (κ1) is 13.7. The summed E-state index contributed by atoms with van der Waals surface area (Å²) < 4.78 is 5.01. The fraction of sp³-hybridized carbons (Fsp3) is 0.800. The van der Waals surface area contributed by atoms with Gasteiger partial charge in [0.1, 0.15) is 0 Å². The van der Waals surface area contributed by atoms with Crippen LogP contribution in [0.1, 0.15) is 26.2 Å². The molecule has 16 heavy (non-hydrogen) atoms. The monoisotopic (exact) mass is 230 g/mol. The van der Waals surface area contributed by atoms with Crippen LogP contribution in [-0.2, 0) is 4.65 Å². The van der Waals surface area contributed by atoms with Gasteiger partial charge in [-0.2, -0.15) is 0 Å². The van der Waals surface area contributed by atoms with Crippen molar-refractivity contribution in [3.8, 4) is 0 Å². The highest BCUT2D eigenvalue weighted by Gasteiger charge is 2.43. The second kappa shape index (κ2) is 5.79. The maximum atomic E-state index is 8.63. The topological polar surface area (TPSA) is 90.2 Å². The van der Waals surface area contributed by atoms with Crippen molar-refractivity contribution in [1.82, 2.24) is 0 Å². The Morgan fingerprint density at radius 1 is 1.56 bits per heavy atom. The van der Waals surface area contributed by atoms with Crippen LogP contribution in [0.25, 0.3) is 0 Å². The van der Waals surface area contributed by atoms with Crippen LogP contribution in [0.5, 0.6) is 0 Å². The lowest BCUT2D eigenvalue weighted by molar-refractivity contribution is 0.0662. The lowest BCUT2D eigenvalue weighted by Gasteiger charge is -2.23. The SMILES string of the molecule is CC(O)CO.OB(O)OC12C=CC(CC1)C2. The molecule has 2 rings (SSSR count). The molecule has 92 valence electrons. The number of hydrogen-bond acceptors (Lipinski definition) is 5. The third-order valence-corrected chi connectivity index (χ3v) is 2.82. The van der Waals surface area contributed by atoms with Crippen LogP contribution >= 0.6 is 0 Å². The van der Waals surface area contributed by atoms with Crippen molar-refractivity contribution in [2.75, 3.05) is 6.61 Å². The molecule has 0 aromatic rings. The molecular weight excluding hydrogens is 211 g/mol. The molecule has 2 aliphatic carbocycles. The van der Waals surface area contributed by atoms with E-state index in [1.165, 1.54) is 6.92 Å². The highest BCUT2D eigenvalue weighted by molar-refractivity contribution is 6.32. The molecule has 0 aromatic carbocycles. The molecule has 0 saturated heterocycles. The third-order valence-electron chi connectivity index (χ3n) is 2.82. The second-order valence-corrected chi connectivity index (χ2v) is 4.40. The molecule has 0 spiro atoms. The zero-order chi connectivity index (χ0) is 12.2. The number of aliphatic hydroxyl groups excluding tert-OH is 2. The number of hydrogen-bond donors (Lipinski definition) is 4. The zero-order valence-corrected chi connectivity index (χ0v) is 9.41. The van der Waals surface area contributed by atoms with E-state index in [9.17, 15) is 0 Å². The molecule has 3 atom stereocenters. The van der Waals surface area contributed by atoms with E-state index >= 15 is 0 Å². The van der Waals surface area contributed by atoms with Crippen molar-refractivity contribution in [3.63, 3.8) is 0 Å². The maximum absolute atomic E-state index is 8.63. The van der Waals surface area contributed by atoms with Gasteiger partial charge in [0.25, 0.3) is 0 Å². The average molecular weight is 230 g/mol. The number of allylic oxidation sites excluding steroid dienone is 1. The molecule has 0 heterocycles. The first-order valence-electron chi connectivity index (χ1n) is 5.50. The Bertz CT molecular complexity index is 243. The molecule has 0 aliphatic heterocycles. The van der Waals surface area contributed by atoms with E-state index in [1.807, 2.05) is 6.08 Å². The van der Waals surface area contributed by atoms with E-state index in [-0.39, 0.29) is 12.2 Å². The lowest BCUT2D eigenvalue weighted by atomic mass is 10.0. The molecule has 0 aromatic heterocycles. The van der Waals surface area contributed by atoms with Gasteiger partial charge in [-0.1, -0.05) is 12.2 Å². The largest absolute Gasteiger partial charge is 0.634 e. The summed E-state index contributed by atoms with van der Waals surface area (Å²) >= 11 is 0. The Balaban J connectivity index is 0.000000221. The van der Waals surface area contributed by atoms with Crippen LogP contribution in [0.15, 0.2) is 12.2 Å². The van der Waals surface area contributed by atoms with Crippen molar-refractivity contribution in [2.45, 2.75) is 37.9 Å². The standard InChI is InChI=1S/C7H11BO3.C3H8O2/c9-8(10)11-7-3-1-6(5-7)2-4-7;1-3(5)2-4/h1,3,6,9-10H,2,4-5H2;3-5H,2H2,1H3. The number of rotatable bonds is 3. The summed E-state index contributed by atoms with van der Waals surface area (Å²) in [4.78, 5) is 0. The summed E-state index contributed by atoms with van der Waals surface area (Å²) in [5.74, 6) is 0.605. The Kier molecular flexibility index (Phi) is 4.95. The van der Waals surface area contributed by atoms with Crippen LogP contribution in [0.2, 0.25) is 0 Å². The van der Waals surface area contributed by atoms with E-state index < -0.39 is 13.4 Å². The van der Waals surface area contributed by atoms with E-state index in [0.29, 0.717) is 5.92 Å². The molecule has 1 saturated carbocycles.